The van der Waals surface area contributed by atoms with Gasteiger partial charge in [-0.15, -0.1) is 5.10 Å². The van der Waals surface area contributed by atoms with Crippen molar-refractivity contribution in [2.45, 2.75) is 11.4 Å². The van der Waals surface area contributed by atoms with Crippen LogP contribution in [0.25, 0.3) is 5.82 Å². The Bertz CT molecular complexity index is 1040. The first kappa shape index (κ1) is 17.8. The molecule has 26 heavy (non-hydrogen) atoms. The number of nitrogens with one attached hydrogen (secondary N) is 1. The fourth-order valence-electron chi connectivity index (χ4n) is 2.26. The van der Waals surface area contributed by atoms with Gasteiger partial charge in [0, 0.05) is 31.1 Å². The minimum atomic E-state index is -3.72. The van der Waals surface area contributed by atoms with Crippen LogP contribution < -0.4 is 15.0 Å². The van der Waals surface area contributed by atoms with Crippen LogP contribution >= 0.6 is 0 Å². The molecule has 0 bridgehead atoms. The van der Waals surface area contributed by atoms with E-state index in [4.69, 9.17) is 4.74 Å². The van der Waals surface area contributed by atoms with Crippen LogP contribution in [0.1, 0.15) is 0 Å². The third-order valence-corrected chi connectivity index (χ3v) is 5.02. The van der Waals surface area contributed by atoms with Crippen molar-refractivity contribution in [3.8, 4) is 11.6 Å². The highest BCUT2D eigenvalue weighted by Crippen LogP contribution is 2.16. The lowest BCUT2D eigenvalue weighted by Gasteiger charge is -2.10. The number of sulfonamides is 1. The Labute approximate surface area is 149 Å². The Morgan fingerprint density at radius 3 is 2.77 bits per heavy atom. The molecule has 0 saturated carbocycles. The first-order chi connectivity index (χ1) is 12.5. The van der Waals surface area contributed by atoms with Gasteiger partial charge in [-0.3, -0.25) is 4.79 Å². The Morgan fingerprint density at radius 2 is 2.04 bits per heavy atom. The van der Waals surface area contributed by atoms with Crippen molar-refractivity contribution >= 4 is 10.0 Å². The van der Waals surface area contributed by atoms with E-state index in [9.17, 15) is 13.2 Å². The number of nitrogens with zero attached hydrogens (tertiary/aromatic N) is 4. The average Bonchev–Trinajstić information content (AvgIpc) is 3.18. The molecule has 1 aromatic carbocycles. The van der Waals surface area contributed by atoms with E-state index in [2.05, 4.69) is 14.9 Å². The Morgan fingerprint density at radius 1 is 1.19 bits per heavy atom. The number of ether oxygens (including phenoxy) is 1. The molecule has 0 saturated heterocycles. The average molecular weight is 375 g/mol. The van der Waals surface area contributed by atoms with Crippen LogP contribution in [0.3, 0.4) is 0 Å². The second kappa shape index (κ2) is 7.50. The van der Waals surface area contributed by atoms with Crippen LogP contribution in [0, 0.1) is 0 Å². The molecule has 0 aliphatic rings. The maximum atomic E-state index is 12.3. The van der Waals surface area contributed by atoms with Gasteiger partial charge >= 0.3 is 0 Å². The summed E-state index contributed by atoms with van der Waals surface area (Å²) in [5.41, 5.74) is -0.332. The fraction of sp³-hybridized carbons (Fsp3) is 0.188. The fourth-order valence-corrected chi connectivity index (χ4v) is 3.32. The summed E-state index contributed by atoms with van der Waals surface area (Å²) in [6.45, 7) is 0.0894. The van der Waals surface area contributed by atoms with Crippen LogP contribution in [-0.2, 0) is 16.6 Å². The van der Waals surface area contributed by atoms with E-state index in [0.29, 0.717) is 11.6 Å². The number of hydrogen-bond donors (Lipinski definition) is 1. The first-order valence-electron chi connectivity index (χ1n) is 7.71. The van der Waals surface area contributed by atoms with E-state index >= 15 is 0 Å². The first-order valence-corrected chi connectivity index (χ1v) is 9.20. The Balaban J connectivity index is 1.71. The predicted octanol–water partition coefficient (Wildman–Crippen LogP) is 0.416. The maximum Gasteiger partial charge on any atom is 0.266 e. The molecule has 1 N–H and O–H groups in total. The van der Waals surface area contributed by atoms with Gasteiger partial charge in [0.15, 0.2) is 5.82 Å². The second-order valence-corrected chi connectivity index (χ2v) is 7.05. The van der Waals surface area contributed by atoms with Crippen molar-refractivity contribution in [2.75, 3.05) is 13.7 Å². The monoisotopic (exact) mass is 375 g/mol. The van der Waals surface area contributed by atoms with Gasteiger partial charge in [0.25, 0.3) is 5.56 Å². The molecule has 0 unspecified atom stereocenters. The van der Waals surface area contributed by atoms with Crippen molar-refractivity contribution < 1.29 is 13.2 Å². The van der Waals surface area contributed by atoms with Gasteiger partial charge in [0.2, 0.25) is 10.0 Å². The van der Waals surface area contributed by atoms with Crippen molar-refractivity contribution in [3.63, 3.8) is 0 Å². The molecule has 3 rings (SSSR count). The van der Waals surface area contributed by atoms with Gasteiger partial charge in [-0.2, -0.15) is 5.10 Å². The largest absolute Gasteiger partial charge is 0.497 e. The van der Waals surface area contributed by atoms with Gasteiger partial charge in [-0.25, -0.2) is 22.5 Å². The van der Waals surface area contributed by atoms with Gasteiger partial charge in [0.1, 0.15) is 5.75 Å². The summed E-state index contributed by atoms with van der Waals surface area (Å²) in [5, 5.41) is 8.23. The molecule has 0 atom stereocenters. The van der Waals surface area contributed by atoms with Crippen LogP contribution in [0.5, 0.6) is 5.75 Å². The summed E-state index contributed by atoms with van der Waals surface area (Å²) in [4.78, 5) is 12.0. The zero-order valence-corrected chi connectivity index (χ0v) is 14.8. The molecular formula is C16H17N5O4S. The molecule has 9 nitrogen and oxygen atoms in total. The van der Waals surface area contributed by atoms with E-state index in [1.807, 2.05) is 0 Å². The molecule has 2 heterocycles. The van der Waals surface area contributed by atoms with Crippen molar-refractivity contribution in [1.82, 2.24) is 24.3 Å². The normalized spacial score (nSPS) is 11.4. The van der Waals surface area contributed by atoms with Crippen LogP contribution in [0.15, 0.2) is 64.5 Å². The molecule has 10 heteroatoms. The molecule has 0 aliphatic carbocycles. The van der Waals surface area contributed by atoms with Crippen molar-refractivity contribution in [2.24, 2.45) is 0 Å². The van der Waals surface area contributed by atoms with Gasteiger partial charge in [0.05, 0.1) is 18.6 Å². The Kier molecular flexibility index (Phi) is 5.14. The predicted molar refractivity (Wildman–Crippen MR) is 93.8 cm³/mol. The Hall–Kier alpha value is -2.98. The molecular weight excluding hydrogens is 358 g/mol. The third-order valence-electron chi connectivity index (χ3n) is 3.56. The summed E-state index contributed by atoms with van der Waals surface area (Å²) >= 11 is 0. The van der Waals surface area contributed by atoms with Crippen LogP contribution in [0.2, 0.25) is 0 Å². The number of hydrogen-bond acceptors (Lipinski definition) is 6. The molecule has 0 spiro atoms. The highest BCUT2D eigenvalue weighted by atomic mass is 32.2. The van der Waals surface area contributed by atoms with E-state index in [0.717, 1.165) is 0 Å². The van der Waals surface area contributed by atoms with Gasteiger partial charge in [-0.05, 0) is 24.3 Å². The number of benzene rings is 1. The van der Waals surface area contributed by atoms with E-state index in [1.54, 1.807) is 36.7 Å². The topological polar surface area (TPSA) is 108 Å². The highest BCUT2D eigenvalue weighted by molar-refractivity contribution is 7.89. The summed E-state index contributed by atoms with van der Waals surface area (Å²) < 4.78 is 34.9. The number of rotatable bonds is 7. The quantitative estimate of drug-likeness (QED) is 0.641. The lowest BCUT2D eigenvalue weighted by Crippen LogP contribution is -2.32. The minimum absolute atomic E-state index is 0.00894. The SMILES string of the molecule is COc1cccc(S(=O)(=O)NCCn2nc(-n3cccn3)ccc2=O)c1. The van der Waals surface area contributed by atoms with Crippen LogP contribution in [-0.4, -0.2) is 41.6 Å². The number of methoxy groups -OCH3 is 1. The number of aromatic nitrogens is 4. The van der Waals surface area contributed by atoms with Crippen molar-refractivity contribution in [1.29, 1.82) is 0 Å². The zero-order chi connectivity index (χ0) is 18.6. The zero-order valence-electron chi connectivity index (χ0n) is 13.9. The molecule has 0 radical (unpaired) electrons. The standard InChI is InChI=1S/C16H17N5O4S/c1-25-13-4-2-5-14(12-13)26(23,24)18-9-11-21-16(22)7-6-15(19-21)20-10-3-8-17-20/h2-8,10,12,18H,9,11H2,1H3. The second-order valence-electron chi connectivity index (χ2n) is 5.28. The lowest BCUT2D eigenvalue weighted by atomic mass is 10.3. The third kappa shape index (κ3) is 3.98. The molecule has 0 fully saturated rings. The van der Waals surface area contributed by atoms with Gasteiger partial charge < -0.3 is 4.74 Å². The summed E-state index contributed by atoms with van der Waals surface area (Å²) in [6, 6.07) is 10.8. The summed E-state index contributed by atoms with van der Waals surface area (Å²) in [6.07, 6.45) is 3.29. The van der Waals surface area contributed by atoms with E-state index < -0.39 is 10.0 Å². The molecule has 136 valence electrons. The highest BCUT2D eigenvalue weighted by Gasteiger charge is 2.14. The van der Waals surface area contributed by atoms with E-state index in [1.165, 1.54) is 34.7 Å². The maximum absolute atomic E-state index is 12.3. The van der Waals surface area contributed by atoms with Crippen molar-refractivity contribution in [3.05, 3.63) is 65.2 Å². The molecule has 2 aromatic heterocycles. The molecule has 0 amide bonds. The lowest BCUT2D eigenvalue weighted by molar-refractivity contribution is 0.413. The van der Waals surface area contributed by atoms with E-state index in [-0.39, 0.29) is 23.5 Å². The molecule has 3 aromatic rings. The van der Waals surface area contributed by atoms with Crippen LogP contribution in [0.4, 0.5) is 0 Å². The van der Waals surface area contributed by atoms with Gasteiger partial charge in [-0.1, -0.05) is 6.07 Å². The molecule has 0 aliphatic heterocycles. The smallest absolute Gasteiger partial charge is 0.266 e. The summed E-state index contributed by atoms with van der Waals surface area (Å²) in [5.74, 6) is 0.905. The summed E-state index contributed by atoms with van der Waals surface area (Å²) in [7, 11) is -2.26. The minimum Gasteiger partial charge on any atom is -0.497 e.